The summed E-state index contributed by atoms with van der Waals surface area (Å²) in [6, 6.07) is 7.40. The normalized spacial score (nSPS) is 10.1. The summed E-state index contributed by atoms with van der Waals surface area (Å²) in [5.41, 5.74) is 6.50. The maximum atomic E-state index is 11.4. The van der Waals surface area contributed by atoms with Gasteiger partial charge in [0.15, 0.2) is 6.61 Å². The number of hydrogen-bond acceptors (Lipinski definition) is 4. The van der Waals surface area contributed by atoms with Gasteiger partial charge < -0.3 is 20.5 Å². The molecule has 3 N–H and O–H groups in total. The van der Waals surface area contributed by atoms with E-state index in [-0.39, 0.29) is 12.5 Å². The Balaban J connectivity index is 2.24. The summed E-state index contributed by atoms with van der Waals surface area (Å²) >= 11 is 0. The van der Waals surface area contributed by atoms with E-state index in [0.29, 0.717) is 25.4 Å². The van der Waals surface area contributed by atoms with Crippen LogP contribution in [0.15, 0.2) is 24.3 Å². The monoisotopic (exact) mass is 252 g/mol. The van der Waals surface area contributed by atoms with E-state index in [0.717, 1.165) is 12.0 Å². The van der Waals surface area contributed by atoms with Gasteiger partial charge in [0, 0.05) is 26.8 Å². The zero-order valence-electron chi connectivity index (χ0n) is 10.6. The molecule has 0 aliphatic rings. The maximum absolute atomic E-state index is 11.4. The SMILES string of the molecule is COCCCNC(=O)COc1cccc(CN)c1. The highest BCUT2D eigenvalue weighted by atomic mass is 16.5. The van der Waals surface area contributed by atoms with Gasteiger partial charge in [-0.1, -0.05) is 12.1 Å². The second-order valence-corrected chi connectivity index (χ2v) is 3.84. The van der Waals surface area contributed by atoms with Crippen molar-refractivity contribution in [1.82, 2.24) is 5.32 Å². The molecule has 1 aromatic carbocycles. The molecule has 0 bridgehead atoms. The number of amides is 1. The maximum Gasteiger partial charge on any atom is 0.257 e. The predicted molar refractivity (Wildman–Crippen MR) is 69.3 cm³/mol. The molecule has 1 amide bonds. The van der Waals surface area contributed by atoms with E-state index in [9.17, 15) is 4.79 Å². The Morgan fingerprint density at radius 2 is 2.28 bits per heavy atom. The van der Waals surface area contributed by atoms with Crippen LogP contribution >= 0.6 is 0 Å². The van der Waals surface area contributed by atoms with Crippen LogP contribution in [-0.2, 0) is 16.1 Å². The Morgan fingerprint density at radius 1 is 1.44 bits per heavy atom. The lowest BCUT2D eigenvalue weighted by Gasteiger charge is -2.08. The molecule has 0 fully saturated rings. The first-order valence-corrected chi connectivity index (χ1v) is 5.93. The lowest BCUT2D eigenvalue weighted by molar-refractivity contribution is -0.123. The molecule has 0 aliphatic heterocycles. The molecule has 0 aliphatic carbocycles. The van der Waals surface area contributed by atoms with Crippen LogP contribution in [0.5, 0.6) is 5.75 Å². The third-order valence-corrected chi connectivity index (χ3v) is 2.35. The number of benzene rings is 1. The van der Waals surface area contributed by atoms with Crippen LogP contribution in [0, 0.1) is 0 Å². The quantitative estimate of drug-likeness (QED) is 0.667. The average molecular weight is 252 g/mol. The van der Waals surface area contributed by atoms with Gasteiger partial charge in [-0.2, -0.15) is 0 Å². The number of carbonyl (C=O) groups is 1. The molecule has 0 aromatic heterocycles. The lowest BCUT2D eigenvalue weighted by atomic mass is 10.2. The fourth-order valence-corrected chi connectivity index (χ4v) is 1.41. The van der Waals surface area contributed by atoms with E-state index in [1.165, 1.54) is 0 Å². The number of methoxy groups -OCH3 is 1. The van der Waals surface area contributed by atoms with Gasteiger partial charge in [-0.3, -0.25) is 4.79 Å². The van der Waals surface area contributed by atoms with Crippen LogP contribution in [0.25, 0.3) is 0 Å². The fraction of sp³-hybridized carbons (Fsp3) is 0.462. The summed E-state index contributed by atoms with van der Waals surface area (Å²) in [6.07, 6.45) is 0.797. The molecule has 0 saturated heterocycles. The molecule has 5 heteroatoms. The summed E-state index contributed by atoms with van der Waals surface area (Å²) < 4.78 is 10.3. The number of ether oxygens (including phenoxy) is 2. The third-order valence-electron chi connectivity index (χ3n) is 2.35. The number of hydrogen-bond donors (Lipinski definition) is 2. The van der Waals surface area contributed by atoms with E-state index in [1.54, 1.807) is 13.2 Å². The van der Waals surface area contributed by atoms with Crippen molar-refractivity contribution in [3.63, 3.8) is 0 Å². The summed E-state index contributed by atoms with van der Waals surface area (Å²) in [5, 5.41) is 2.75. The first-order valence-electron chi connectivity index (χ1n) is 5.93. The van der Waals surface area contributed by atoms with Gasteiger partial charge in [0.2, 0.25) is 0 Å². The van der Waals surface area contributed by atoms with Crippen molar-refractivity contribution in [3.05, 3.63) is 29.8 Å². The first kappa shape index (κ1) is 14.5. The fourth-order valence-electron chi connectivity index (χ4n) is 1.41. The first-order chi connectivity index (χ1) is 8.76. The minimum atomic E-state index is -0.135. The summed E-state index contributed by atoms with van der Waals surface area (Å²) in [6.45, 7) is 1.71. The minimum absolute atomic E-state index is 0.0149. The predicted octanol–water partition coefficient (Wildman–Crippen LogP) is 0.677. The lowest BCUT2D eigenvalue weighted by Crippen LogP contribution is -2.30. The van der Waals surface area contributed by atoms with Crippen LogP contribution in [0.4, 0.5) is 0 Å². The van der Waals surface area contributed by atoms with Crippen molar-refractivity contribution in [2.24, 2.45) is 5.73 Å². The Labute approximate surface area is 107 Å². The van der Waals surface area contributed by atoms with Crippen LogP contribution in [0.1, 0.15) is 12.0 Å². The van der Waals surface area contributed by atoms with Crippen molar-refractivity contribution in [2.45, 2.75) is 13.0 Å². The van der Waals surface area contributed by atoms with Gasteiger partial charge in [0.05, 0.1) is 0 Å². The molecule has 0 atom stereocenters. The minimum Gasteiger partial charge on any atom is -0.484 e. The van der Waals surface area contributed by atoms with Crippen LogP contribution in [0.2, 0.25) is 0 Å². The summed E-state index contributed by atoms with van der Waals surface area (Å²) in [7, 11) is 1.63. The van der Waals surface area contributed by atoms with Gasteiger partial charge in [-0.25, -0.2) is 0 Å². The molecule has 0 saturated carbocycles. The Bertz CT molecular complexity index is 369. The summed E-state index contributed by atoms with van der Waals surface area (Å²) in [4.78, 5) is 11.4. The van der Waals surface area contributed by atoms with Gasteiger partial charge in [-0.15, -0.1) is 0 Å². The second-order valence-electron chi connectivity index (χ2n) is 3.84. The van der Waals surface area contributed by atoms with Crippen molar-refractivity contribution in [3.8, 4) is 5.75 Å². The van der Waals surface area contributed by atoms with Crippen molar-refractivity contribution >= 4 is 5.91 Å². The largest absolute Gasteiger partial charge is 0.484 e. The molecule has 0 spiro atoms. The van der Waals surface area contributed by atoms with E-state index in [4.69, 9.17) is 15.2 Å². The Morgan fingerprint density at radius 3 is 3.00 bits per heavy atom. The molecular formula is C13H20N2O3. The highest BCUT2D eigenvalue weighted by Gasteiger charge is 2.02. The Hall–Kier alpha value is -1.59. The highest BCUT2D eigenvalue weighted by Crippen LogP contribution is 2.12. The van der Waals surface area contributed by atoms with Crippen LogP contribution in [-0.4, -0.2) is 32.8 Å². The zero-order chi connectivity index (χ0) is 13.2. The van der Waals surface area contributed by atoms with Crippen LogP contribution < -0.4 is 15.8 Å². The van der Waals surface area contributed by atoms with Crippen molar-refractivity contribution in [2.75, 3.05) is 26.9 Å². The van der Waals surface area contributed by atoms with Gasteiger partial charge >= 0.3 is 0 Å². The molecule has 1 aromatic rings. The van der Waals surface area contributed by atoms with E-state index in [2.05, 4.69) is 5.32 Å². The number of rotatable bonds is 8. The van der Waals surface area contributed by atoms with Gasteiger partial charge in [-0.05, 0) is 24.1 Å². The highest BCUT2D eigenvalue weighted by molar-refractivity contribution is 5.77. The number of nitrogens with two attached hydrogens (primary N) is 1. The van der Waals surface area contributed by atoms with Crippen molar-refractivity contribution < 1.29 is 14.3 Å². The summed E-state index contributed by atoms with van der Waals surface area (Å²) in [5.74, 6) is 0.522. The van der Waals surface area contributed by atoms with E-state index < -0.39 is 0 Å². The topological polar surface area (TPSA) is 73.6 Å². The molecule has 5 nitrogen and oxygen atoms in total. The Kier molecular flexibility index (Phi) is 6.83. The van der Waals surface area contributed by atoms with Crippen LogP contribution in [0.3, 0.4) is 0 Å². The van der Waals surface area contributed by atoms with Gasteiger partial charge in [0.1, 0.15) is 5.75 Å². The molecule has 0 unspecified atom stereocenters. The molecular weight excluding hydrogens is 232 g/mol. The molecule has 1 rings (SSSR count). The standard InChI is InChI=1S/C13H20N2O3/c1-17-7-3-6-15-13(16)10-18-12-5-2-4-11(8-12)9-14/h2,4-5,8H,3,6-7,9-10,14H2,1H3,(H,15,16). The number of carbonyl (C=O) groups excluding carboxylic acids is 1. The zero-order valence-corrected chi connectivity index (χ0v) is 10.6. The van der Waals surface area contributed by atoms with Crippen molar-refractivity contribution in [1.29, 1.82) is 0 Å². The average Bonchev–Trinajstić information content (AvgIpc) is 2.41. The molecule has 0 heterocycles. The number of nitrogens with one attached hydrogen (secondary N) is 1. The van der Waals surface area contributed by atoms with E-state index >= 15 is 0 Å². The third kappa shape index (κ3) is 5.65. The molecule has 100 valence electrons. The smallest absolute Gasteiger partial charge is 0.257 e. The molecule has 0 radical (unpaired) electrons. The second kappa shape index (κ2) is 8.49. The molecule has 18 heavy (non-hydrogen) atoms. The van der Waals surface area contributed by atoms with Gasteiger partial charge in [0.25, 0.3) is 5.91 Å². The van der Waals surface area contributed by atoms with E-state index in [1.807, 2.05) is 18.2 Å².